The molecule has 0 aromatic carbocycles. The van der Waals surface area contributed by atoms with E-state index in [9.17, 15) is 24.6 Å². The second-order valence-corrected chi connectivity index (χ2v) is 5.59. The second-order valence-electron chi connectivity index (χ2n) is 5.59. The number of aromatic amines is 1. The number of imidazole rings is 1. The number of nitrogens with zero attached hydrogens (tertiary/aromatic N) is 1. The number of rotatable bonds is 10. The fraction of sp³-hybridized carbons (Fsp3) is 0.600. The highest BCUT2D eigenvalue weighted by molar-refractivity contribution is 5.90. The van der Waals surface area contributed by atoms with E-state index in [0.717, 1.165) is 5.69 Å². The van der Waals surface area contributed by atoms with Crippen LogP contribution in [0.5, 0.6) is 0 Å². The SMILES string of the molecule is CC[C@H](C)[C@H](NC(=O)[C@H](CO)NC(=O)CCc1cnc[nH]1)C(=O)O. The molecule has 1 heterocycles. The van der Waals surface area contributed by atoms with Gasteiger partial charge in [0.1, 0.15) is 12.1 Å². The van der Waals surface area contributed by atoms with Gasteiger partial charge in [-0.05, 0) is 12.3 Å². The summed E-state index contributed by atoms with van der Waals surface area (Å²) < 4.78 is 0. The van der Waals surface area contributed by atoms with Gasteiger partial charge in [-0.2, -0.15) is 0 Å². The first-order valence-corrected chi connectivity index (χ1v) is 7.79. The van der Waals surface area contributed by atoms with E-state index in [1.165, 1.54) is 6.33 Å². The van der Waals surface area contributed by atoms with E-state index >= 15 is 0 Å². The summed E-state index contributed by atoms with van der Waals surface area (Å²) in [4.78, 5) is 41.9. The quantitative estimate of drug-likeness (QED) is 0.386. The molecule has 0 aliphatic rings. The number of carbonyl (C=O) groups is 3. The predicted molar refractivity (Wildman–Crippen MR) is 84.9 cm³/mol. The Morgan fingerprint density at radius 2 is 2.04 bits per heavy atom. The Morgan fingerprint density at radius 3 is 2.54 bits per heavy atom. The number of hydrogen-bond donors (Lipinski definition) is 5. The fourth-order valence-electron chi connectivity index (χ4n) is 2.07. The first-order chi connectivity index (χ1) is 11.4. The molecule has 0 spiro atoms. The molecule has 0 saturated heterocycles. The van der Waals surface area contributed by atoms with Crippen LogP contribution in [0.15, 0.2) is 12.5 Å². The van der Waals surface area contributed by atoms with E-state index < -0.39 is 36.5 Å². The van der Waals surface area contributed by atoms with Crippen LogP contribution in [-0.2, 0) is 20.8 Å². The zero-order valence-electron chi connectivity index (χ0n) is 13.8. The molecule has 0 unspecified atom stereocenters. The molecule has 24 heavy (non-hydrogen) atoms. The molecule has 0 fully saturated rings. The van der Waals surface area contributed by atoms with Crippen LogP contribution in [0, 0.1) is 5.92 Å². The third-order valence-corrected chi connectivity index (χ3v) is 3.79. The molecular formula is C15H24N4O5. The molecule has 0 aliphatic carbocycles. The minimum atomic E-state index is -1.19. The van der Waals surface area contributed by atoms with Crippen LogP contribution < -0.4 is 10.6 Å². The van der Waals surface area contributed by atoms with Crippen molar-refractivity contribution < 1.29 is 24.6 Å². The van der Waals surface area contributed by atoms with Crippen LogP contribution in [0.25, 0.3) is 0 Å². The number of aliphatic carboxylic acids is 1. The standard InChI is InChI=1S/C15H24N4O5/c1-3-9(2)13(15(23)24)19-14(22)11(7-20)18-12(21)5-4-10-6-16-8-17-10/h6,8-9,11,13,20H,3-5,7H2,1-2H3,(H,16,17)(H,18,21)(H,19,22)(H,23,24)/t9-,11-,13-/m0/s1. The molecule has 2 amide bonds. The van der Waals surface area contributed by atoms with Gasteiger partial charge in [0.05, 0.1) is 12.9 Å². The first-order valence-electron chi connectivity index (χ1n) is 7.79. The van der Waals surface area contributed by atoms with Gasteiger partial charge < -0.3 is 25.8 Å². The molecule has 1 aromatic heterocycles. The lowest BCUT2D eigenvalue weighted by Gasteiger charge is -2.23. The van der Waals surface area contributed by atoms with Gasteiger partial charge in [0.25, 0.3) is 0 Å². The van der Waals surface area contributed by atoms with Crippen molar-refractivity contribution >= 4 is 17.8 Å². The van der Waals surface area contributed by atoms with E-state index in [2.05, 4.69) is 20.6 Å². The lowest BCUT2D eigenvalue weighted by molar-refractivity contribution is -0.144. The second kappa shape index (κ2) is 9.66. The van der Waals surface area contributed by atoms with Gasteiger partial charge in [-0.1, -0.05) is 20.3 Å². The number of nitrogens with one attached hydrogen (secondary N) is 3. The van der Waals surface area contributed by atoms with E-state index in [0.29, 0.717) is 12.8 Å². The summed E-state index contributed by atoms with van der Waals surface area (Å²) in [6.07, 6.45) is 4.18. The Bertz CT molecular complexity index is 546. The zero-order valence-corrected chi connectivity index (χ0v) is 13.8. The molecule has 9 nitrogen and oxygen atoms in total. The maximum atomic E-state index is 12.1. The number of carboxylic acid groups (broad SMARTS) is 1. The summed E-state index contributed by atoms with van der Waals surface area (Å²) in [5.74, 6) is -2.57. The van der Waals surface area contributed by atoms with Gasteiger partial charge in [0.2, 0.25) is 11.8 Å². The number of carboxylic acids is 1. The average Bonchev–Trinajstić information content (AvgIpc) is 3.07. The highest BCUT2D eigenvalue weighted by Crippen LogP contribution is 2.08. The van der Waals surface area contributed by atoms with Crippen molar-refractivity contribution in [1.29, 1.82) is 0 Å². The summed E-state index contributed by atoms with van der Waals surface area (Å²) in [5.41, 5.74) is 0.776. The van der Waals surface area contributed by atoms with Crippen LogP contribution in [0.4, 0.5) is 0 Å². The highest BCUT2D eigenvalue weighted by Gasteiger charge is 2.29. The minimum Gasteiger partial charge on any atom is -0.480 e. The van der Waals surface area contributed by atoms with Gasteiger partial charge in [-0.25, -0.2) is 9.78 Å². The number of aliphatic hydroxyl groups is 1. The summed E-state index contributed by atoms with van der Waals surface area (Å²) in [6, 6.07) is -2.26. The topological polar surface area (TPSA) is 144 Å². The van der Waals surface area contributed by atoms with Gasteiger partial charge >= 0.3 is 5.97 Å². The maximum absolute atomic E-state index is 12.1. The van der Waals surface area contributed by atoms with Crippen molar-refractivity contribution in [3.8, 4) is 0 Å². The van der Waals surface area contributed by atoms with Crippen molar-refractivity contribution in [3.05, 3.63) is 18.2 Å². The molecule has 3 atom stereocenters. The summed E-state index contributed by atoms with van der Waals surface area (Å²) >= 11 is 0. The molecule has 0 bridgehead atoms. The van der Waals surface area contributed by atoms with E-state index in [-0.39, 0.29) is 12.3 Å². The Labute approximate surface area is 139 Å². The molecule has 0 radical (unpaired) electrons. The fourth-order valence-corrected chi connectivity index (χ4v) is 2.07. The Balaban J connectivity index is 2.55. The van der Waals surface area contributed by atoms with Crippen molar-refractivity contribution in [2.75, 3.05) is 6.61 Å². The number of carbonyl (C=O) groups excluding carboxylic acids is 2. The number of aromatic nitrogens is 2. The van der Waals surface area contributed by atoms with Crippen molar-refractivity contribution in [2.45, 2.75) is 45.2 Å². The van der Waals surface area contributed by atoms with E-state index in [1.54, 1.807) is 13.1 Å². The van der Waals surface area contributed by atoms with Gasteiger partial charge in [0, 0.05) is 18.3 Å². The van der Waals surface area contributed by atoms with Gasteiger partial charge in [-0.15, -0.1) is 0 Å². The van der Waals surface area contributed by atoms with Crippen molar-refractivity contribution in [3.63, 3.8) is 0 Å². The van der Waals surface area contributed by atoms with Crippen LogP contribution in [-0.4, -0.2) is 56.7 Å². The Kier molecular flexibility index (Phi) is 7.90. The van der Waals surface area contributed by atoms with Crippen LogP contribution in [0.2, 0.25) is 0 Å². The molecule has 5 N–H and O–H groups in total. The number of amides is 2. The largest absolute Gasteiger partial charge is 0.480 e. The van der Waals surface area contributed by atoms with Gasteiger partial charge in [-0.3, -0.25) is 9.59 Å². The predicted octanol–water partition coefficient (Wildman–Crippen LogP) is -0.565. The van der Waals surface area contributed by atoms with Crippen LogP contribution in [0.1, 0.15) is 32.4 Å². The smallest absolute Gasteiger partial charge is 0.326 e. The normalized spacial score (nSPS) is 14.5. The monoisotopic (exact) mass is 340 g/mol. The number of aryl methyl sites for hydroxylation is 1. The Hall–Kier alpha value is -2.42. The van der Waals surface area contributed by atoms with E-state index in [4.69, 9.17) is 0 Å². The summed E-state index contributed by atoms with van der Waals surface area (Å²) in [7, 11) is 0. The van der Waals surface area contributed by atoms with E-state index in [1.807, 2.05) is 6.92 Å². The van der Waals surface area contributed by atoms with Gasteiger partial charge in [0.15, 0.2) is 0 Å². The lowest BCUT2D eigenvalue weighted by atomic mass is 9.99. The highest BCUT2D eigenvalue weighted by atomic mass is 16.4. The average molecular weight is 340 g/mol. The molecular weight excluding hydrogens is 316 g/mol. The summed E-state index contributed by atoms with van der Waals surface area (Å²) in [6.45, 7) is 2.90. The van der Waals surface area contributed by atoms with Crippen LogP contribution >= 0.6 is 0 Å². The minimum absolute atomic E-state index is 0.111. The number of hydrogen-bond acceptors (Lipinski definition) is 5. The Morgan fingerprint density at radius 1 is 1.33 bits per heavy atom. The molecule has 1 aromatic rings. The van der Waals surface area contributed by atoms with Crippen molar-refractivity contribution in [1.82, 2.24) is 20.6 Å². The van der Waals surface area contributed by atoms with Crippen molar-refractivity contribution in [2.24, 2.45) is 5.92 Å². The zero-order chi connectivity index (χ0) is 18.1. The molecule has 9 heteroatoms. The first kappa shape index (κ1) is 19.6. The molecule has 134 valence electrons. The van der Waals surface area contributed by atoms with Crippen LogP contribution in [0.3, 0.4) is 0 Å². The third-order valence-electron chi connectivity index (χ3n) is 3.79. The number of aliphatic hydroxyl groups excluding tert-OH is 1. The third kappa shape index (κ3) is 5.99. The lowest BCUT2D eigenvalue weighted by Crippen LogP contribution is -2.54. The summed E-state index contributed by atoms with van der Waals surface area (Å²) in [5, 5.41) is 23.2. The number of H-pyrrole nitrogens is 1. The molecule has 0 saturated carbocycles. The maximum Gasteiger partial charge on any atom is 0.326 e. The molecule has 0 aliphatic heterocycles. The molecule has 1 rings (SSSR count).